The second kappa shape index (κ2) is 9.10. The molecule has 1 aliphatic heterocycles. The molecule has 3 atom stereocenters. The van der Waals surface area contributed by atoms with Gasteiger partial charge in [0, 0.05) is 37.6 Å². The van der Waals surface area contributed by atoms with E-state index in [2.05, 4.69) is 32.1 Å². The molecule has 11 heteroatoms. The molecular formula is C24H27ClFN7O2. The van der Waals surface area contributed by atoms with Crippen LogP contribution in [0.15, 0.2) is 24.4 Å². The zero-order valence-electron chi connectivity index (χ0n) is 19.6. The zero-order valence-corrected chi connectivity index (χ0v) is 20.4. The molecule has 0 radical (unpaired) electrons. The molecule has 1 fully saturated rings. The van der Waals surface area contributed by atoms with Crippen molar-refractivity contribution in [2.24, 2.45) is 11.7 Å². The van der Waals surface area contributed by atoms with Gasteiger partial charge in [-0.25, -0.2) is 4.39 Å². The quantitative estimate of drug-likeness (QED) is 0.319. The Hall–Kier alpha value is -3.21. The van der Waals surface area contributed by atoms with Gasteiger partial charge in [0.2, 0.25) is 0 Å². The summed E-state index contributed by atoms with van der Waals surface area (Å²) in [4.78, 5) is 19.0. The van der Waals surface area contributed by atoms with E-state index in [9.17, 15) is 9.50 Å². The number of nitrogens with one attached hydrogen (secondary N) is 2. The van der Waals surface area contributed by atoms with Gasteiger partial charge in [0.1, 0.15) is 17.3 Å². The zero-order chi connectivity index (χ0) is 24.9. The molecule has 4 aromatic rings. The lowest BCUT2D eigenvalue weighted by Gasteiger charge is -2.36. The molecule has 5 N–H and O–H groups in total. The highest BCUT2D eigenvalue weighted by atomic mass is 35.5. The number of halogens is 2. The van der Waals surface area contributed by atoms with E-state index in [1.807, 2.05) is 0 Å². The van der Waals surface area contributed by atoms with E-state index in [1.165, 1.54) is 18.3 Å². The number of aliphatic hydroxyl groups excluding tert-OH is 1. The van der Waals surface area contributed by atoms with Gasteiger partial charge in [-0.15, -0.1) is 0 Å². The lowest BCUT2D eigenvalue weighted by molar-refractivity contribution is 0.194. The molecule has 4 heterocycles. The molecular weight excluding hydrogens is 473 g/mol. The van der Waals surface area contributed by atoms with Gasteiger partial charge in [-0.05, 0) is 31.4 Å². The second-order valence-electron chi connectivity index (χ2n) is 9.00. The Morgan fingerprint density at radius 3 is 2.83 bits per heavy atom. The minimum atomic E-state index is -0.809. The number of hydrogen-bond acceptors (Lipinski definition) is 8. The molecule has 0 aliphatic carbocycles. The number of anilines is 2. The molecule has 184 valence electrons. The smallest absolute Gasteiger partial charge is 0.326 e. The maximum atomic E-state index is 14.5. The monoisotopic (exact) mass is 499 g/mol. The van der Waals surface area contributed by atoms with Crippen LogP contribution in [0.2, 0.25) is 5.02 Å². The molecule has 1 saturated heterocycles. The van der Waals surface area contributed by atoms with E-state index in [-0.39, 0.29) is 28.8 Å². The lowest BCUT2D eigenvalue weighted by Crippen LogP contribution is -2.46. The number of nitrogens with two attached hydrogens (primary N) is 1. The van der Waals surface area contributed by atoms with E-state index in [1.54, 1.807) is 20.0 Å². The number of benzene rings is 1. The summed E-state index contributed by atoms with van der Waals surface area (Å²) < 4.78 is 20.4. The van der Waals surface area contributed by atoms with Crippen LogP contribution < -0.4 is 20.7 Å². The summed E-state index contributed by atoms with van der Waals surface area (Å²) in [6.07, 6.45) is 1.46. The fourth-order valence-electron chi connectivity index (χ4n) is 4.55. The molecule has 1 aromatic carbocycles. The van der Waals surface area contributed by atoms with Crippen molar-refractivity contribution in [1.29, 1.82) is 0 Å². The first-order valence-corrected chi connectivity index (χ1v) is 11.9. The van der Waals surface area contributed by atoms with Gasteiger partial charge in [0.15, 0.2) is 5.75 Å². The van der Waals surface area contributed by atoms with Crippen LogP contribution in [0.3, 0.4) is 0 Å². The first-order chi connectivity index (χ1) is 16.7. The summed E-state index contributed by atoms with van der Waals surface area (Å²) >= 11 is 6.26. The number of aliphatic hydroxyl groups is 1. The minimum absolute atomic E-state index is 0.0933. The van der Waals surface area contributed by atoms with Crippen LogP contribution in [0.4, 0.5) is 15.9 Å². The van der Waals surface area contributed by atoms with E-state index >= 15 is 0 Å². The average Bonchev–Trinajstić information content (AvgIpc) is 3.18. The average molecular weight is 500 g/mol. The standard InChI is InChI=1S/C24H27ClFN7O2/c1-11-10-33(5-4-17(11)27)23-19-15-6-13(26)7-18(28-3)21(15)30-22(19)31-24(32-23)35-14-8-16(25)20(12(2)34)29-9-14/h6-9,11-12,17,28,34H,4-5,10,27H2,1-3H3,(H,30,31,32)/t11-,12?,17?/m1/s1. The van der Waals surface area contributed by atoms with Gasteiger partial charge in [0.05, 0.1) is 39.6 Å². The van der Waals surface area contributed by atoms with Crippen molar-refractivity contribution in [3.05, 3.63) is 40.9 Å². The summed E-state index contributed by atoms with van der Waals surface area (Å²) in [5.41, 5.74) is 8.47. The van der Waals surface area contributed by atoms with Gasteiger partial charge in [-0.2, -0.15) is 9.97 Å². The fourth-order valence-corrected chi connectivity index (χ4v) is 4.87. The Bertz CT molecular complexity index is 1410. The molecule has 3 aromatic heterocycles. The van der Waals surface area contributed by atoms with Crippen LogP contribution in [-0.2, 0) is 0 Å². The van der Waals surface area contributed by atoms with Crippen molar-refractivity contribution in [2.45, 2.75) is 32.4 Å². The Kier molecular flexibility index (Phi) is 6.12. The summed E-state index contributed by atoms with van der Waals surface area (Å²) in [6, 6.07) is 4.68. The molecule has 0 saturated carbocycles. The number of hydrogen-bond donors (Lipinski definition) is 4. The number of fused-ring (bicyclic) bond motifs is 3. The molecule has 5 rings (SSSR count). The number of aromatic amines is 1. The maximum Gasteiger partial charge on any atom is 0.326 e. The van der Waals surface area contributed by atoms with Gasteiger partial charge in [0.25, 0.3) is 0 Å². The number of aromatic nitrogens is 4. The Morgan fingerprint density at radius 1 is 1.34 bits per heavy atom. The molecule has 1 aliphatic rings. The highest BCUT2D eigenvalue weighted by Crippen LogP contribution is 2.38. The lowest BCUT2D eigenvalue weighted by atomic mass is 9.94. The van der Waals surface area contributed by atoms with Gasteiger partial charge in [-0.3, -0.25) is 4.98 Å². The summed E-state index contributed by atoms with van der Waals surface area (Å²) in [5, 5.41) is 14.5. The Morgan fingerprint density at radius 2 is 2.14 bits per heavy atom. The number of rotatable bonds is 5. The maximum absolute atomic E-state index is 14.5. The first kappa shape index (κ1) is 23.5. The number of nitrogens with zero attached hydrogens (tertiary/aromatic N) is 4. The van der Waals surface area contributed by atoms with E-state index < -0.39 is 6.10 Å². The predicted octanol–water partition coefficient (Wildman–Crippen LogP) is 4.36. The SMILES string of the molecule is CNc1cc(F)cc2c1[nH]c1nc(Oc3cnc(C(C)O)c(Cl)c3)nc(N3CCC(N)[C@H](C)C3)c12. The number of pyridine rings is 1. The third kappa shape index (κ3) is 4.33. The van der Waals surface area contributed by atoms with Crippen LogP contribution in [0, 0.1) is 11.7 Å². The van der Waals surface area contributed by atoms with E-state index in [4.69, 9.17) is 27.1 Å². The fraction of sp³-hybridized carbons (Fsp3) is 0.375. The van der Waals surface area contributed by atoms with Gasteiger partial charge < -0.3 is 30.8 Å². The van der Waals surface area contributed by atoms with Crippen molar-refractivity contribution < 1.29 is 14.2 Å². The van der Waals surface area contributed by atoms with E-state index in [0.717, 1.165) is 11.9 Å². The van der Waals surface area contributed by atoms with E-state index in [0.29, 0.717) is 52.5 Å². The van der Waals surface area contributed by atoms with Crippen LogP contribution in [0.5, 0.6) is 11.8 Å². The van der Waals surface area contributed by atoms with Crippen molar-refractivity contribution in [3.8, 4) is 11.8 Å². The van der Waals surface area contributed by atoms with Crippen molar-refractivity contribution in [2.75, 3.05) is 30.4 Å². The predicted molar refractivity (Wildman–Crippen MR) is 135 cm³/mol. The normalized spacial score (nSPS) is 19.3. The summed E-state index contributed by atoms with van der Waals surface area (Å²) in [5.74, 6) is 0.866. The molecule has 0 spiro atoms. The summed E-state index contributed by atoms with van der Waals surface area (Å²) in [6.45, 7) is 5.10. The third-order valence-corrected chi connectivity index (χ3v) is 6.78. The van der Waals surface area contributed by atoms with Crippen molar-refractivity contribution in [3.63, 3.8) is 0 Å². The highest BCUT2D eigenvalue weighted by molar-refractivity contribution is 6.31. The van der Waals surface area contributed by atoms with Crippen LogP contribution in [-0.4, -0.2) is 51.2 Å². The third-order valence-electron chi connectivity index (χ3n) is 6.48. The Labute approximate surface area is 206 Å². The number of H-pyrrole nitrogens is 1. The van der Waals surface area contributed by atoms with Gasteiger partial charge in [-0.1, -0.05) is 18.5 Å². The Balaban J connectivity index is 1.66. The molecule has 0 amide bonds. The van der Waals surface area contributed by atoms with Crippen LogP contribution in [0.25, 0.3) is 21.9 Å². The first-order valence-electron chi connectivity index (χ1n) is 11.5. The van der Waals surface area contributed by atoms with Crippen LogP contribution in [0.1, 0.15) is 32.1 Å². The topological polar surface area (TPSA) is 125 Å². The van der Waals surface area contributed by atoms with Crippen molar-refractivity contribution in [1.82, 2.24) is 19.9 Å². The molecule has 9 nitrogen and oxygen atoms in total. The number of ether oxygens (including phenoxy) is 1. The van der Waals surface area contributed by atoms with Crippen LogP contribution >= 0.6 is 11.6 Å². The molecule has 0 bridgehead atoms. The highest BCUT2D eigenvalue weighted by Gasteiger charge is 2.28. The summed E-state index contributed by atoms with van der Waals surface area (Å²) in [7, 11) is 1.74. The number of piperidine rings is 1. The largest absolute Gasteiger partial charge is 0.422 e. The second-order valence-corrected chi connectivity index (χ2v) is 9.40. The minimum Gasteiger partial charge on any atom is -0.422 e. The van der Waals surface area contributed by atoms with Gasteiger partial charge >= 0.3 is 6.01 Å². The molecule has 2 unspecified atom stereocenters. The van der Waals surface area contributed by atoms with Crippen molar-refractivity contribution >= 4 is 45.0 Å². The molecule has 35 heavy (non-hydrogen) atoms.